The second-order valence-electron chi connectivity index (χ2n) is 8.11. The smallest absolute Gasteiger partial charge is 0.260 e. The predicted octanol–water partition coefficient (Wildman–Crippen LogP) is 1.56. The van der Waals surface area contributed by atoms with Crippen molar-refractivity contribution in [2.45, 2.75) is 30.8 Å². The van der Waals surface area contributed by atoms with Crippen molar-refractivity contribution in [1.82, 2.24) is 4.31 Å². The van der Waals surface area contributed by atoms with Crippen molar-refractivity contribution in [3.63, 3.8) is 0 Å². The molecule has 2 aromatic rings. The maximum atomic E-state index is 13.2. The SMILES string of the molecule is CCOc1ccc(NC(=O)CN2C[C@@H](C(N)=O)Oc3ccccc32)cc1S(=O)(=O)N1CCCC1. The standard InChI is InChI=1S/C23H28N4O6S/c1-2-32-19-10-9-16(13-21(19)34(30,31)27-11-5-6-12-27)25-22(28)15-26-14-20(23(24)29)33-18-8-4-3-7-17(18)26/h3-4,7-10,13,20H,2,5-6,11-12,14-15H2,1H3,(H2,24,29)(H,25,28)/t20-/m0/s1. The van der Waals surface area contributed by atoms with Gasteiger partial charge >= 0.3 is 0 Å². The van der Waals surface area contributed by atoms with E-state index in [1.54, 1.807) is 48.2 Å². The Morgan fingerprint density at radius 2 is 1.91 bits per heavy atom. The number of primary amides is 1. The molecular weight excluding hydrogens is 460 g/mol. The zero-order valence-corrected chi connectivity index (χ0v) is 19.7. The van der Waals surface area contributed by atoms with E-state index in [0.717, 1.165) is 12.8 Å². The number of carbonyl (C=O) groups excluding carboxylic acids is 2. The molecule has 182 valence electrons. The van der Waals surface area contributed by atoms with E-state index in [4.69, 9.17) is 15.2 Å². The molecule has 3 N–H and O–H groups in total. The number of fused-ring (bicyclic) bond motifs is 1. The lowest BCUT2D eigenvalue weighted by molar-refractivity contribution is -0.125. The molecule has 4 rings (SSSR count). The molecule has 0 unspecified atom stereocenters. The second-order valence-corrected chi connectivity index (χ2v) is 10.0. The Morgan fingerprint density at radius 1 is 1.18 bits per heavy atom. The zero-order chi connectivity index (χ0) is 24.3. The number of ether oxygens (including phenoxy) is 2. The summed E-state index contributed by atoms with van der Waals surface area (Å²) in [7, 11) is -3.76. The van der Waals surface area contributed by atoms with Crippen LogP contribution in [0.25, 0.3) is 0 Å². The van der Waals surface area contributed by atoms with Crippen LogP contribution in [0.4, 0.5) is 11.4 Å². The number of para-hydroxylation sites is 2. The molecule has 2 aliphatic rings. The number of nitrogens with two attached hydrogens (primary N) is 1. The molecule has 34 heavy (non-hydrogen) atoms. The zero-order valence-electron chi connectivity index (χ0n) is 18.9. The molecule has 10 nitrogen and oxygen atoms in total. The predicted molar refractivity (Wildman–Crippen MR) is 126 cm³/mol. The summed E-state index contributed by atoms with van der Waals surface area (Å²) in [4.78, 5) is 26.3. The van der Waals surface area contributed by atoms with Gasteiger partial charge in [0.25, 0.3) is 5.91 Å². The Labute approximate surface area is 198 Å². The molecule has 2 heterocycles. The summed E-state index contributed by atoms with van der Waals surface area (Å²) in [6.45, 7) is 3.06. The summed E-state index contributed by atoms with van der Waals surface area (Å²) in [5, 5.41) is 2.76. The van der Waals surface area contributed by atoms with E-state index in [0.29, 0.717) is 36.8 Å². The third-order valence-electron chi connectivity index (χ3n) is 5.72. The topological polar surface area (TPSA) is 131 Å². The Hall–Kier alpha value is -3.31. The first-order valence-corrected chi connectivity index (χ1v) is 12.6. The van der Waals surface area contributed by atoms with Crippen LogP contribution in [0.2, 0.25) is 0 Å². The molecule has 2 aliphatic heterocycles. The van der Waals surface area contributed by atoms with Crippen LogP contribution in [0.5, 0.6) is 11.5 Å². The number of hydrogen-bond donors (Lipinski definition) is 2. The summed E-state index contributed by atoms with van der Waals surface area (Å²) in [5.41, 5.74) is 6.42. The Morgan fingerprint density at radius 3 is 2.62 bits per heavy atom. The third-order valence-corrected chi connectivity index (χ3v) is 7.64. The normalized spacial score (nSPS) is 18.1. The van der Waals surface area contributed by atoms with Crippen molar-refractivity contribution in [2.75, 3.05) is 43.0 Å². The first-order valence-electron chi connectivity index (χ1n) is 11.2. The van der Waals surface area contributed by atoms with Crippen molar-refractivity contribution in [3.05, 3.63) is 42.5 Å². The van der Waals surface area contributed by atoms with E-state index in [2.05, 4.69) is 5.32 Å². The summed E-state index contributed by atoms with van der Waals surface area (Å²) >= 11 is 0. The van der Waals surface area contributed by atoms with Gasteiger partial charge in [0.15, 0.2) is 6.10 Å². The molecule has 0 bridgehead atoms. The van der Waals surface area contributed by atoms with Gasteiger partial charge in [0, 0.05) is 18.8 Å². The van der Waals surface area contributed by atoms with Gasteiger partial charge in [-0.3, -0.25) is 9.59 Å². The number of amides is 2. The second kappa shape index (κ2) is 9.90. The highest BCUT2D eigenvalue weighted by Gasteiger charge is 2.32. The molecule has 0 aromatic heterocycles. The minimum atomic E-state index is -3.76. The average Bonchev–Trinajstić information content (AvgIpc) is 3.36. The van der Waals surface area contributed by atoms with E-state index >= 15 is 0 Å². The fraction of sp³-hybridized carbons (Fsp3) is 0.391. The maximum absolute atomic E-state index is 13.2. The van der Waals surface area contributed by atoms with Crippen molar-refractivity contribution in [1.29, 1.82) is 0 Å². The van der Waals surface area contributed by atoms with Crippen LogP contribution in [-0.2, 0) is 19.6 Å². The molecule has 0 radical (unpaired) electrons. The summed E-state index contributed by atoms with van der Waals surface area (Å²) < 4.78 is 39.0. The van der Waals surface area contributed by atoms with Gasteiger partial charge in [0.2, 0.25) is 15.9 Å². The molecule has 0 saturated carbocycles. The van der Waals surface area contributed by atoms with Gasteiger partial charge in [-0.1, -0.05) is 12.1 Å². The number of sulfonamides is 1. The molecule has 1 atom stereocenters. The van der Waals surface area contributed by atoms with E-state index in [1.807, 2.05) is 0 Å². The van der Waals surface area contributed by atoms with Crippen LogP contribution in [-0.4, -0.2) is 63.4 Å². The summed E-state index contributed by atoms with van der Waals surface area (Å²) in [5.74, 6) is -0.291. The Bertz CT molecular complexity index is 1180. The van der Waals surface area contributed by atoms with Gasteiger partial charge in [0.1, 0.15) is 16.4 Å². The van der Waals surface area contributed by atoms with Crippen LogP contribution >= 0.6 is 0 Å². The van der Waals surface area contributed by atoms with E-state index in [9.17, 15) is 18.0 Å². The lowest BCUT2D eigenvalue weighted by atomic mass is 10.1. The molecule has 11 heteroatoms. The fourth-order valence-electron chi connectivity index (χ4n) is 4.11. The lowest BCUT2D eigenvalue weighted by Gasteiger charge is -2.34. The minimum absolute atomic E-state index is 0.0274. The molecule has 0 spiro atoms. The van der Waals surface area contributed by atoms with Gasteiger partial charge < -0.3 is 25.4 Å². The number of rotatable bonds is 8. The first-order chi connectivity index (χ1) is 16.3. The van der Waals surface area contributed by atoms with Crippen LogP contribution in [0, 0.1) is 0 Å². The van der Waals surface area contributed by atoms with Crippen molar-refractivity contribution in [2.24, 2.45) is 5.73 Å². The monoisotopic (exact) mass is 488 g/mol. The number of benzene rings is 2. The maximum Gasteiger partial charge on any atom is 0.260 e. The largest absolute Gasteiger partial charge is 0.492 e. The third kappa shape index (κ3) is 4.95. The highest BCUT2D eigenvalue weighted by molar-refractivity contribution is 7.89. The van der Waals surface area contributed by atoms with Crippen LogP contribution < -0.4 is 25.4 Å². The molecule has 2 amide bonds. The highest BCUT2D eigenvalue weighted by atomic mass is 32.2. The number of anilines is 2. The average molecular weight is 489 g/mol. The van der Waals surface area contributed by atoms with Crippen molar-refractivity contribution >= 4 is 33.2 Å². The van der Waals surface area contributed by atoms with E-state index in [-0.39, 0.29) is 29.6 Å². The Balaban J connectivity index is 1.55. The van der Waals surface area contributed by atoms with Gasteiger partial charge in [-0.25, -0.2) is 8.42 Å². The summed E-state index contributed by atoms with van der Waals surface area (Å²) in [6.07, 6.45) is 0.741. The Kier molecular flexibility index (Phi) is 6.94. The molecule has 0 aliphatic carbocycles. The number of nitrogens with zero attached hydrogens (tertiary/aromatic N) is 2. The fourth-order valence-corrected chi connectivity index (χ4v) is 5.78. The first kappa shape index (κ1) is 23.8. The van der Waals surface area contributed by atoms with Crippen molar-refractivity contribution < 1.29 is 27.5 Å². The van der Waals surface area contributed by atoms with Gasteiger partial charge in [-0.05, 0) is 50.1 Å². The molecular formula is C23H28N4O6S. The highest BCUT2D eigenvalue weighted by Crippen LogP contribution is 2.34. The molecule has 2 aromatic carbocycles. The molecule has 1 saturated heterocycles. The molecule has 1 fully saturated rings. The number of carbonyl (C=O) groups is 2. The summed E-state index contributed by atoms with van der Waals surface area (Å²) in [6, 6.07) is 11.6. The van der Waals surface area contributed by atoms with Crippen LogP contribution in [0.1, 0.15) is 19.8 Å². The van der Waals surface area contributed by atoms with Gasteiger partial charge in [0.05, 0.1) is 25.4 Å². The van der Waals surface area contributed by atoms with E-state index in [1.165, 1.54) is 10.4 Å². The number of nitrogens with one attached hydrogen (secondary N) is 1. The quantitative estimate of drug-likeness (QED) is 0.576. The van der Waals surface area contributed by atoms with E-state index < -0.39 is 22.0 Å². The lowest BCUT2D eigenvalue weighted by Crippen LogP contribution is -2.49. The van der Waals surface area contributed by atoms with Gasteiger partial charge in [-0.15, -0.1) is 0 Å². The number of hydrogen-bond acceptors (Lipinski definition) is 7. The van der Waals surface area contributed by atoms with Gasteiger partial charge in [-0.2, -0.15) is 4.31 Å². The van der Waals surface area contributed by atoms with Crippen molar-refractivity contribution in [3.8, 4) is 11.5 Å². The van der Waals surface area contributed by atoms with Crippen LogP contribution in [0.15, 0.2) is 47.4 Å². The minimum Gasteiger partial charge on any atom is -0.492 e. The van der Waals surface area contributed by atoms with Crippen LogP contribution in [0.3, 0.4) is 0 Å².